The summed E-state index contributed by atoms with van der Waals surface area (Å²) in [6.45, 7) is 6.30. The van der Waals surface area contributed by atoms with Crippen LogP contribution >= 0.6 is 0 Å². The largest absolute Gasteiger partial charge is 0.402 e. The van der Waals surface area contributed by atoms with E-state index in [1.165, 1.54) is 0 Å². The van der Waals surface area contributed by atoms with E-state index in [9.17, 15) is 0 Å². The zero-order valence-corrected chi connectivity index (χ0v) is 8.20. The molecule has 1 rings (SSSR count). The summed E-state index contributed by atoms with van der Waals surface area (Å²) in [5.74, 6) is 0. The first-order valence-electron chi connectivity index (χ1n) is 4.45. The third-order valence-corrected chi connectivity index (χ3v) is 2.57. The molecule has 2 heteroatoms. The van der Waals surface area contributed by atoms with Gasteiger partial charge in [0.1, 0.15) is 0 Å². The summed E-state index contributed by atoms with van der Waals surface area (Å²) < 4.78 is 0. The smallest absolute Gasteiger partial charge is 0.0332 e. The van der Waals surface area contributed by atoms with Gasteiger partial charge in [0.25, 0.3) is 0 Å². The Hall–Kier alpha value is -0.790. The molecule has 0 saturated carbocycles. The molecule has 0 heterocycles. The van der Waals surface area contributed by atoms with Crippen molar-refractivity contribution < 1.29 is 0 Å². The molecule has 2 nitrogen and oxygen atoms in total. The van der Waals surface area contributed by atoms with Crippen LogP contribution < -0.4 is 5.73 Å². The number of rotatable bonds is 1. The van der Waals surface area contributed by atoms with Crippen LogP contribution in [-0.4, -0.2) is 5.71 Å². The Labute approximate surface area is 74.4 Å². The second-order valence-electron chi connectivity index (χ2n) is 4.47. The molecule has 0 spiro atoms. The molecule has 0 aromatic heterocycles. The fourth-order valence-electron chi connectivity index (χ4n) is 1.68. The Morgan fingerprint density at radius 3 is 2.50 bits per heavy atom. The molecule has 0 aliphatic heterocycles. The third kappa shape index (κ3) is 1.87. The lowest BCUT2D eigenvalue weighted by Crippen LogP contribution is -2.24. The molecule has 0 bridgehead atoms. The van der Waals surface area contributed by atoms with Gasteiger partial charge in [0.15, 0.2) is 0 Å². The topological polar surface area (TPSA) is 49.9 Å². The summed E-state index contributed by atoms with van der Waals surface area (Å²) >= 11 is 0. The lowest BCUT2D eigenvalue weighted by molar-refractivity contribution is 0.318. The standard InChI is InChI=1S/C10H18N2/c1-7(11)8-6-10(2,3)5-4-9(8)12/h11H,4-6,12H2,1-3H3. The van der Waals surface area contributed by atoms with Gasteiger partial charge < -0.3 is 11.1 Å². The van der Waals surface area contributed by atoms with Gasteiger partial charge in [-0.2, -0.15) is 0 Å². The Kier molecular flexibility index (Phi) is 2.27. The highest BCUT2D eigenvalue weighted by atomic mass is 14.6. The van der Waals surface area contributed by atoms with Gasteiger partial charge in [0.2, 0.25) is 0 Å². The lowest BCUT2D eigenvalue weighted by atomic mass is 9.75. The van der Waals surface area contributed by atoms with Crippen LogP contribution in [-0.2, 0) is 0 Å². The number of hydrogen-bond donors (Lipinski definition) is 2. The Morgan fingerprint density at radius 1 is 1.50 bits per heavy atom. The monoisotopic (exact) mass is 166 g/mol. The van der Waals surface area contributed by atoms with E-state index in [-0.39, 0.29) is 0 Å². The molecule has 0 fully saturated rings. The summed E-state index contributed by atoms with van der Waals surface area (Å²) in [6.07, 6.45) is 3.07. The maximum Gasteiger partial charge on any atom is 0.0332 e. The number of nitrogens with one attached hydrogen (secondary N) is 1. The molecule has 0 atom stereocenters. The van der Waals surface area contributed by atoms with Crippen LogP contribution in [0.3, 0.4) is 0 Å². The highest BCUT2D eigenvalue weighted by molar-refractivity contribution is 5.96. The third-order valence-electron chi connectivity index (χ3n) is 2.57. The van der Waals surface area contributed by atoms with Crippen LogP contribution in [0.2, 0.25) is 0 Å². The van der Waals surface area contributed by atoms with Crippen LogP contribution in [0.15, 0.2) is 11.3 Å². The summed E-state index contributed by atoms with van der Waals surface area (Å²) in [6, 6.07) is 0. The van der Waals surface area contributed by atoms with Crippen LogP contribution in [0.25, 0.3) is 0 Å². The van der Waals surface area contributed by atoms with Gasteiger partial charge in [-0.3, -0.25) is 0 Å². The fourth-order valence-corrected chi connectivity index (χ4v) is 1.68. The van der Waals surface area contributed by atoms with Gasteiger partial charge in [0, 0.05) is 11.4 Å². The maximum absolute atomic E-state index is 7.56. The summed E-state index contributed by atoms with van der Waals surface area (Å²) in [7, 11) is 0. The van der Waals surface area contributed by atoms with Gasteiger partial charge in [0.05, 0.1) is 0 Å². The predicted octanol–water partition coefficient (Wildman–Crippen LogP) is 2.45. The molecule has 0 aromatic carbocycles. The van der Waals surface area contributed by atoms with Crippen molar-refractivity contribution in [1.82, 2.24) is 0 Å². The molecule has 0 unspecified atom stereocenters. The van der Waals surface area contributed by atoms with Crippen molar-refractivity contribution in [2.75, 3.05) is 0 Å². The van der Waals surface area contributed by atoms with Gasteiger partial charge >= 0.3 is 0 Å². The first-order valence-corrected chi connectivity index (χ1v) is 4.45. The second-order valence-corrected chi connectivity index (χ2v) is 4.47. The van der Waals surface area contributed by atoms with Crippen molar-refractivity contribution in [1.29, 1.82) is 5.41 Å². The minimum atomic E-state index is 0.334. The molecular weight excluding hydrogens is 148 g/mol. The van der Waals surface area contributed by atoms with E-state index < -0.39 is 0 Å². The van der Waals surface area contributed by atoms with Gasteiger partial charge in [-0.15, -0.1) is 0 Å². The normalized spacial score (nSPS) is 22.6. The van der Waals surface area contributed by atoms with Crippen molar-refractivity contribution in [3.63, 3.8) is 0 Å². The van der Waals surface area contributed by atoms with Gasteiger partial charge in [-0.05, 0) is 37.2 Å². The predicted molar refractivity (Wildman–Crippen MR) is 52.2 cm³/mol. The van der Waals surface area contributed by atoms with Crippen LogP contribution in [0.4, 0.5) is 0 Å². The van der Waals surface area contributed by atoms with E-state index in [4.69, 9.17) is 11.1 Å². The number of allylic oxidation sites excluding steroid dienone is 2. The Bertz CT molecular complexity index is 236. The first-order chi connectivity index (χ1) is 5.42. The average Bonchev–Trinajstić information content (AvgIpc) is 1.94. The van der Waals surface area contributed by atoms with Crippen molar-refractivity contribution >= 4 is 5.71 Å². The molecule has 0 radical (unpaired) electrons. The van der Waals surface area contributed by atoms with E-state index in [2.05, 4.69) is 13.8 Å². The van der Waals surface area contributed by atoms with Crippen LogP contribution in [0.5, 0.6) is 0 Å². The highest BCUT2D eigenvalue weighted by Crippen LogP contribution is 2.37. The van der Waals surface area contributed by atoms with Crippen LogP contribution in [0, 0.1) is 10.8 Å². The van der Waals surface area contributed by atoms with Crippen molar-refractivity contribution in [2.45, 2.75) is 40.0 Å². The highest BCUT2D eigenvalue weighted by Gasteiger charge is 2.26. The first kappa shape index (κ1) is 9.30. The minimum Gasteiger partial charge on any atom is -0.402 e. The Balaban J connectivity index is 2.89. The summed E-state index contributed by atoms with van der Waals surface area (Å²) in [5, 5.41) is 7.56. The molecule has 1 aliphatic rings. The van der Waals surface area contributed by atoms with Crippen molar-refractivity contribution in [2.24, 2.45) is 11.1 Å². The van der Waals surface area contributed by atoms with E-state index in [0.29, 0.717) is 11.1 Å². The molecule has 0 amide bonds. The van der Waals surface area contributed by atoms with E-state index in [0.717, 1.165) is 30.5 Å². The summed E-state index contributed by atoms with van der Waals surface area (Å²) in [5.41, 5.74) is 8.82. The SMILES string of the molecule is CC(=N)C1=C(N)CCC(C)(C)C1. The number of hydrogen-bond acceptors (Lipinski definition) is 2. The number of nitrogens with two attached hydrogens (primary N) is 1. The van der Waals surface area contributed by atoms with Crippen LogP contribution in [0.1, 0.15) is 40.0 Å². The second kappa shape index (κ2) is 2.92. The molecule has 3 N–H and O–H groups in total. The fraction of sp³-hybridized carbons (Fsp3) is 0.700. The summed E-state index contributed by atoms with van der Waals surface area (Å²) in [4.78, 5) is 0. The van der Waals surface area contributed by atoms with Gasteiger partial charge in [-0.25, -0.2) is 0 Å². The molecular formula is C10H18N2. The molecule has 0 saturated heterocycles. The van der Waals surface area contributed by atoms with Crippen molar-refractivity contribution in [3.8, 4) is 0 Å². The zero-order chi connectivity index (χ0) is 9.35. The zero-order valence-electron chi connectivity index (χ0n) is 8.20. The van der Waals surface area contributed by atoms with E-state index in [1.54, 1.807) is 0 Å². The average molecular weight is 166 g/mol. The Morgan fingerprint density at radius 2 is 2.08 bits per heavy atom. The molecule has 12 heavy (non-hydrogen) atoms. The van der Waals surface area contributed by atoms with Gasteiger partial charge in [-0.1, -0.05) is 13.8 Å². The maximum atomic E-state index is 7.56. The van der Waals surface area contributed by atoms with E-state index >= 15 is 0 Å². The lowest BCUT2D eigenvalue weighted by Gasteiger charge is -2.31. The quantitative estimate of drug-likeness (QED) is 0.577. The van der Waals surface area contributed by atoms with E-state index in [1.807, 2.05) is 6.92 Å². The molecule has 68 valence electrons. The van der Waals surface area contributed by atoms with Crippen molar-refractivity contribution in [3.05, 3.63) is 11.3 Å². The minimum absolute atomic E-state index is 0.334. The molecule has 0 aromatic rings. The molecule has 1 aliphatic carbocycles.